The molecule has 2 saturated carbocycles. The molecule has 3 heterocycles. The number of carbonyl (C=O) groups excluding carboxylic acids is 4. The maximum Gasteiger partial charge on any atom is 0.227 e. The van der Waals surface area contributed by atoms with Crippen molar-refractivity contribution < 1.29 is 23.6 Å². The fourth-order valence-corrected chi connectivity index (χ4v) is 11.9. The van der Waals surface area contributed by atoms with Crippen molar-refractivity contribution in [2.75, 3.05) is 50.1 Å². The molecule has 0 atom stereocenters. The zero-order valence-corrected chi connectivity index (χ0v) is 40.5. The molecule has 10 nitrogen and oxygen atoms in total. The molecule has 0 aromatic heterocycles. The number of hydrogen-bond acceptors (Lipinski definition) is 6. The molecule has 0 bridgehead atoms. The van der Waals surface area contributed by atoms with Gasteiger partial charge < -0.3 is 20.4 Å². The summed E-state index contributed by atoms with van der Waals surface area (Å²) in [6.45, 7) is 3.81. The molecule has 2 N–H and O–H groups in total. The maximum absolute atomic E-state index is 13.8. The Kier molecular flexibility index (Phi) is 16.5. The minimum atomic E-state index is -0.220. The maximum atomic E-state index is 13.8. The smallest absolute Gasteiger partial charge is 0.227 e. The zero-order chi connectivity index (χ0) is 47.5. The van der Waals surface area contributed by atoms with Crippen LogP contribution in [0.2, 0.25) is 0 Å². The fourth-order valence-electron chi connectivity index (χ4n) is 11.9. The molecule has 362 valence electrons. The Labute approximate surface area is 404 Å². The standard InChI is InChI=1S/C31H41N3O2.C26H32FN3O2/c35-29(14-15-30(36)34-23-18-26-12-6-7-13-28(26)34)32-27-16-19-31(20-17-27,24-25-10-4-3-5-11-25)33-21-8-1-2-9-22-33;1-29(2)26(20-7-5-8-21(27)18-20)15-12-22(13-16-26)28-24(31)10-11-25(32)30-17-14-19-6-3-4-9-23(19)30/h3-7,10-13,27H,1-2,8-9,14-24H2,(H,32,35);3-9,18,22H,10-17H2,1-2H3,(H,28,31). The van der Waals surface area contributed by atoms with Crippen LogP contribution >= 0.6 is 0 Å². The van der Waals surface area contributed by atoms with Crippen LogP contribution in [-0.4, -0.2) is 91.3 Å². The predicted octanol–water partition coefficient (Wildman–Crippen LogP) is 9.28. The van der Waals surface area contributed by atoms with E-state index < -0.39 is 0 Å². The van der Waals surface area contributed by atoms with E-state index in [2.05, 4.69) is 62.9 Å². The number of fused-ring (bicyclic) bond motifs is 2. The Hall–Kier alpha value is -5.39. The monoisotopic (exact) mass is 925 g/mol. The Balaban J connectivity index is 0.000000185. The van der Waals surface area contributed by atoms with Crippen LogP contribution in [-0.2, 0) is 44.0 Å². The summed E-state index contributed by atoms with van der Waals surface area (Å²) < 4.78 is 13.8. The second-order valence-electron chi connectivity index (χ2n) is 20.3. The van der Waals surface area contributed by atoms with E-state index in [0.29, 0.717) is 6.54 Å². The predicted molar refractivity (Wildman–Crippen MR) is 269 cm³/mol. The van der Waals surface area contributed by atoms with Gasteiger partial charge in [0.05, 0.1) is 0 Å². The molecule has 3 fully saturated rings. The highest BCUT2D eigenvalue weighted by Crippen LogP contribution is 2.42. The number of halogens is 1. The van der Waals surface area contributed by atoms with Crippen LogP contribution in [0, 0.1) is 5.82 Å². The molecule has 68 heavy (non-hydrogen) atoms. The number of amides is 4. The molecule has 0 unspecified atom stereocenters. The van der Waals surface area contributed by atoms with Gasteiger partial charge in [0.15, 0.2) is 0 Å². The largest absolute Gasteiger partial charge is 0.353 e. The highest BCUT2D eigenvalue weighted by atomic mass is 19.1. The summed E-state index contributed by atoms with van der Waals surface area (Å²) in [5.41, 5.74) is 6.79. The van der Waals surface area contributed by atoms with Gasteiger partial charge in [0.2, 0.25) is 23.6 Å². The lowest BCUT2D eigenvalue weighted by molar-refractivity contribution is -0.126. The van der Waals surface area contributed by atoms with E-state index in [1.54, 1.807) is 17.0 Å². The lowest BCUT2D eigenvalue weighted by atomic mass is 9.74. The first-order valence-corrected chi connectivity index (χ1v) is 25.6. The van der Waals surface area contributed by atoms with Crippen LogP contribution in [0.3, 0.4) is 0 Å². The van der Waals surface area contributed by atoms with Gasteiger partial charge in [0.25, 0.3) is 0 Å². The van der Waals surface area contributed by atoms with Gasteiger partial charge in [-0.1, -0.05) is 91.7 Å². The second kappa shape index (κ2) is 22.8. The van der Waals surface area contributed by atoms with Gasteiger partial charge in [0.1, 0.15) is 5.82 Å². The second-order valence-corrected chi connectivity index (χ2v) is 20.3. The minimum Gasteiger partial charge on any atom is -0.353 e. The molecule has 4 amide bonds. The van der Waals surface area contributed by atoms with Crippen molar-refractivity contribution in [2.24, 2.45) is 0 Å². The molecule has 4 aromatic carbocycles. The van der Waals surface area contributed by atoms with Crippen molar-refractivity contribution in [1.82, 2.24) is 20.4 Å². The third-order valence-electron chi connectivity index (χ3n) is 15.8. The summed E-state index contributed by atoms with van der Waals surface area (Å²) in [5, 5.41) is 6.39. The lowest BCUT2D eigenvalue weighted by Gasteiger charge is -2.48. The minimum absolute atomic E-state index is 0.00599. The van der Waals surface area contributed by atoms with Gasteiger partial charge >= 0.3 is 0 Å². The number of carbonyl (C=O) groups is 4. The van der Waals surface area contributed by atoms with Gasteiger partial charge in [-0.25, -0.2) is 4.39 Å². The number of hydrogen-bond donors (Lipinski definition) is 2. The summed E-state index contributed by atoms with van der Waals surface area (Å²) in [6, 6.07) is 34.1. The van der Waals surface area contributed by atoms with Crippen LogP contribution in [0.5, 0.6) is 0 Å². The number of benzene rings is 4. The first-order valence-electron chi connectivity index (χ1n) is 25.6. The molecule has 4 aromatic rings. The third kappa shape index (κ3) is 11.9. The molecule has 5 aliphatic rings. The van der Waals surface area contributed by atoms with E-state index in [-0.39, 0.29) is 78.3 Å². The van der Waals surface area contributed by atoms with Gasteiger partial charge in [0, 0.05) is 73.3 Å². The van der Waals surface area contributed by atoms with Gasteiger partial charge in [-0.05, 0) is 157 Å². The number of nitrogens with one attached hydrogen (secondary N) is 2. The molecule has 11 heteroatoms. The number of rotatable bonds is 13. The summed E-state index contributed by atoms with van der Waals surface area (Å²) in [4.78, 5) is 59.4. The first-order chi connectivity index (χ1) is 33.0. The third-order valence-corrected chi connectivity index (χ3v) is 15.8. The van der Waals surface area contributed by atoms with E-state index in [9.17, 15) is 23.6 Å². The number of anilines is 2. The van der Waals surface area contributed by atoms with Crippen molar-refractivity contribution in [3.63, 3.8) is 0 Å². The van der Waals surface area contributed by atoms with E-state index in [4.69, 9.17) is 0 Å². The molecule has 2 aliphatic carbocycles. The van der Waals surface area contributed by atoms with Gasteiger partial charge in [-0.2, -0.15) is 0 Å². The fraction of sp³-hybridized carbons (Fsp3) is 0.509. The quantitative estimate of drug-likeness (QED) is 0.139. The topological polar surface area (TPSA) is 105 Å². The molecule has 1 saturated heterocycles. The molecular weight excluding hydrogens is 852 g/mol. The van der Waals surface area contributed by atoms with Crippen molar-refractivity contribution in [1.29, 1.82) is 0 Å². The lowest BCUT2D eigenvalue weighted by Crippen LogP contribution is -2.55. The summed E-state index contributed by atoms with van der Waals surface area (Å²) in [7, 11) is 4.07. The molecule has 0 spiro atoms. The summed E-state index contributed by atoms with van der Waals surface area (Å²) >= 11 is 0. The highest BCUT2D eigenvalue weighted by molar-refractivity contribution is 5.98. The number of likely N-dealkylation sites (tertiary alicyclic amines) is 1. The van der Waals surface area contributed by atoms with Crippen molar-refractivity contribution in [3.8, 4) is 0 Å². The van der Waals surface area contributed by atoms with E-state index in [0.717, 1.165) is 94.1 Å². The van der Waals surface area contributed by atoms with E-state index >= 15 is 0 Å². The van der Waals surface area contributed by atoms with Crippen LogP contribution in [0.1, 0.15) is 125 Å². The Bertz CT molecular complexity index is 2330. The van der Waals surface area contributed by atoms with Crippen molar-refractivity contribution in [2.45, 2.75) is 145 Å². The van der Waals surface area contributed by atoms with E-state index in [1.807, 2.05) is 61.5 Å². The average molecular weight is 925 g/mol. The highest BCUT2D eigenvalue weighted by Gasteiger charge is 2.42. The van der Waals surface area contributed by atoms with Crippen LogP contribution < -0.4 is 20.4 Å². The van der Waals surface area contributed by atoms with Gasteiger partial charge in [-0.3, -0.25) is 29.0 Å². The normalized spacial score (nSPS) is 23.7. The Morgan fingerprint density at radius 1 is 0.588 bits per heavy atom. The Morgan fingerprint density at radius 3 is 1.60 bits per heavy atom. The van der Waals surface area contributed by atoms with Crippen LogP contribution in [0.15, 0.2) is 103 Å². The van der Waals surface area contributed by atoms with Gasteiger partial charge in [-0.15, -0.1) is 0 Å². The summed E-state index contributed by atoms with van der Waals surface area (Å²) in [6.07, 6.45) is 16.8. The zero-order valence-electron chi connectivity index (χ0n) is 40.5. The molecular formula is C57H73FN6O4. The van der Waals surface area contributed by atoms with Crippen LogP contribution in [0.4, 0.5) is 15.8 Å². The van der Waals surface area contributed by atoms with Crippen molar-refractivity contribution >= 4 is 35.0 Å². The number of nitrogens with zero attached hydrogens (tertiary/aromatic N) is 4. The van der Waals surface area contributed by atoms with E-state index in [1.165, 1.54) is 61.5 Å². The first kappa shape index (κ1) is 49.0. The summed E-state index contributed by atoms with van der Waals surface area (Å²) in [5.74, 6) is -0.206. The number of para-hydroxylation sites is 2. The van der Waals surface area contributed by atoms with Crippen molar-refractivity contribution in [3.05, 3.63) is 131 Å². The van der Waals surface area contributed by atoms with Crippen LogP contribution in [0.25, 0.3) is 0 Å². The molecule has 3 aliphatic heterocycles. The molecule has 9 rings (SSSR count). The molecule has 0 radical (unpaired) electrons. The Morgan fingerprint density at radius 2 is 1.09 bits per heavy atom. The SMILES string of the molecule is CN(C)C1(c2cccc(F)c2)CCC(NC(=O)CCC(=O)N2CCc3ccccc32)CC1.O=C(CCC(=O)N1CCc2ccccc21)NC1CCC(Cc2ccccc2)(N2CCCCCC2)CC1. The average Bonchev–Trinajstić information content (AvgIpc) is 3.89.